The van der Waals surface area contributed by atoms with Crippen molar-refractivity contribution >= 4 is 27.7 Å². The average molecular weight is 458 g/mol. The zero-order valence-electron chi connectivity index (χ0n) is 15.3. The van der Waals surface area contributed by atoms with Gasteiger partial charge in [-0.2, -0.15) is 0 Å². The van der Waals surface area contributed by atoms with E-state index < -0.39 is 29.2 Å². The third-order valence-electron chi connectivity index (χ3n) is 5.93. The number of likely N-dealkylation sites (tertiary alicyclic amines) is 1. The Morgan fingerprint density at radius 3 is 2.39 bits per heavy atom. The summed E-state index contributed by atoms with van der Waals surface area (Å²) in [5.41, 5.74) is 4.73. The molecule has 6 nitrogen and oxygen atoms in total. The lowest BCUT2D eigenvalue weighted by Crippen LogP contribution is -2.60. The second-order valence-electron chi connectivity index (χ2n) is 7.85. The van der Waals surface area contributed by atoms with Gasteiger partial charge in [0.05, 0.1) is 17.7 Å². The minimum absolute atomic E-state index is 0.0181. The summed E-state index contributed by atoms with van der Waals surface area (Å²) in [6.07, 6.45) is 3.18. The second-order valence-corrected chi connectivity index (χ2v) is 8.76. The van der Waals surface area contributed by atoms with Crippen LogP contribution in [-0.4, -0.2) is 59.5 Å². The van der Waals surface area contributed by atoms with Crippen LogP contribution in [0, 0.1) is 11.6 Å². The van der Waals surface area contributed by atoms with Gasteiger partial charge in [0.15, 0.2) is 0 Å². The average Bonchev–Trinajstić information content (AvgIpc) is 3.46. The van der Waals surface area contributed by atoms with Gasteiger partial charge in [-0.15, -0.1) is 0 Å². The normalized spacial score (nSPS) is 23.8. The van der Waals surface area contributed by atoms with Gasteiger partial charge in [0.1, 0.15) is 24.3 Å². The molecule has 2 aliphatic heterocycles. The zero-order chi connectivity index (χ0) is 20.1. The van der Waals surface area contributed by atoms with Crippen molar-refractivity contribution in [3.05, 3.63) is 33.8 Å². The Labute approximate surface area is 170 Å². The summed E-state index contributed by atoms with van der Waals surface area (Å²) in [7, 11) is 0. The number of primary amides is 1. The number of nitrogens with two attached hydrogens (primary N) is 1. The van der Waals surface area contributed by atoms with Crippen LogP contribution in [-0.2, 0) is 14.3 Å². The molecule has 1 spiro atoms. The molecule has 1 saturated carbocycles. The lowest BCUT2D eigenvalue weighted by Gasteiger charge is -2.48. The van der Waals surface area contributed by atoms with Gasteiger partial charge < -0.3 is 15.4 Å². The molecule has 1 unspecified atom stereocenters. The van der Waals surface area contributed by atoms with Crippen molar-refractivity contribution in [1.29, 1.82) is 0 Å². The fraction of sp³-hybridized carbons (Fsp3) is 0.579. The molecule has 1 aliphatic carbocycles. The van der Waals surface area contributed by atoms with E-state index in [4.69, 9.17) is 10.5 Å². The van der Waals surface area contributed by atoms with Crippen molar-refractivity contribution in [3.8, 4) is 0 Å². The SMILES string of the molecule is NC(=O)C(c1c(F)cc(Br)cc1F)N1CCC2(CC1)CN(C1CC1)C(=O)CO2. The quantitative estimate of drug-likeness (QED) is 0.750. The summed E-state index contributed by atoms with van der Waals surface area (Å²) in [6, 6.07) is 1.39. The third-order valence-corrected chi connectivity index (χ3v) is 6.39. The van der Waals surface area contributed by atoms with Crippen molar-refractivity contribution in [2.45, 2.75) is 43.4 Å². The Bertz CT molecular complexity index is 787. The van der Waals surface area contributed by atoms with Crippen LogP contribution in [0.25, 0.3) is 0 Å². The number of carbonyl (C=O) groups excluding carboxylic acids is 2. The molecule has 2 N–H and O–H groups in total. The lowest BCUT2D eigenvalue weighted by molar-refractivity contribution is -0.173. The van der Waals surface area contributed by atoms with Gasteiger partial charge in [-0.25, -0.2) is 8.78 Å². The second kappa shape index (κ2) is 7.35. The predicted octanol–water partition coefficient (Wildman–Crippen LogP) is 2.11. The van der Waals surface area contributed by atoms with E-state index in [0.717, 1.165) is 25.0 Å². The number of hydrogen-bond donors (Lipinski definition) is 1. The maximum Gasteiger partial charge on any atom is 0.248 e. The fourth-order valence-corrected chi connectivity index (χ4v) is 4.67. The number of benzene rings is 1. The van der Waals surface area contributed by atoms with E-state index in [9.17, 15) is 18.4 Å². The van der Waals surface area contributed by atoms with E-state index in [-0.39, 0.29) is 22.6 Å². The molecule has 0 aromatic heterocycles. The van der Waals surface area contributed by atoms with Crippen molar-refractivity contribution in [3.63, 3.8) is 0 Å². The van der Waals surface area contributed by atoms with Gasteiger partial charge in [-0.3, -0.25) is 14.5 Å². The van der Waals surface area contributed by atoms with Gasteiger partial charge >= 0.3 is 0 Å². The molecule has 1 aromatic carbocycles. The monoisotopic (exact) mass is 457 g/mol. The summed E-state index contributed by atoms with van der Waals surface area (Å²) in [5.74, 6) is -2.40. The Morgan fingerprint density at radius 2 is 1.86 bits per heavy atom. The molecule has 2 amide bonds. The van der Waals surface area contributed by atoms with Gasteiger partial charge in [0.25, 0.3) is 0 Å². The third kappa shape index (κ3) is 3.67. The first-order chi connectivity index (χ1) is 13.3. The molecule has 2 saturated heterocycles. The van der Waals surface area contributed by atoms with Crippen LogP contribution in [0.2, 0.25) is 0 Å². The van der Waals surface area contributed by atoms with Crippen LogP contribution in [0.4, 0.5) is 8.78 Å². The molecule has 152 valence electrons. The number of piperidine rings is 1. The molecule has 3 aliphatic rings. The van der Waals surface area contributed by atoms with Gasteiger partial charge in [0.2, 0.25) is 11.8 Å². The van der Waals surface area contributed by atoms with Crippen LogP contribution in [0.5, 0.6) is 0 Å². The zero-order valence-corrected chi connectivity index (χ0v) is 16.9. The smallest absolute Gasteiger partial charge is 0.248 e. The Balaban J connectivity index is 1.51. The summed E-state index contributed by atoms with van der Waals surface area (Å²) >= 11 is 3.05. The maximum absolute atomic E-state index is 14.4. The van der Waals surface area contributed by atoms with Crippen molar-refractivity contribution in [1.82, 2.24) is 9.80 Å². The molecule has 2 heterocycles. The van der Waals surface area contributed by atoms with Crippen LogP contribution in [0.3, 0.4) is 0 Å². The minimum atomic E-state index is -1.18. The Hall–Kier alpha value is -1.58. The summed E-state index contributed by atoms with van der Waals surface area (Å²) in [4.78, 5) is 27.8. The van der Waals surface area contributed by atoms with Crippen molar-refractivity contribution in [2.24, 2.45) is 5.73 Å². The Morgan fingerprint density at radius 1 is 1.25 bits per heavy atom. The standard InChI is InChI=1S/C19H22BrF2N3O3/c20-11-7-13(21)16(14(22)8-11)17(18(23)27)24-5-3-19(4-6-24)10-25(12-1-2-12)15(26)9-28-19/h7-8,12,17H,1-6,9-10H2,(H2,23,27). The molecule has 0 radical (unpaired) electrons. The van der Waals surface area contributed by atoms with Crippen LogP contribution in [0.1, 0.15) is 37.3 Å². The number of hydrogen-bond acceptors (Lipinski definition) is 4. The van der Waals surface area contributed by atoms with Crippen molar-refractivity contribution < 1.29 is 23.1 Å². The number of carbonyl (C=O) groups is 2. The predicted molar refractivity (Wildman–Crippen MR) is 100 cm³/mol. The van der Waals surface area contributed by atoms with E-state index in [1.54, 1.807) is 4.90 Å². The van der Waals surface area contributed by atoms with Crippen LogP contribution in [0.15, 0.2) is 16.6 Å². The summed E-state index contributed by atoms with van der Waals surface area (Å²) in [5, 5.41) is 0. The van der Waals surface area contributed by atoms with Gasteiger partial charge in [-0.05, 0) is 37.8 Å². The van der Waals surface area contributed by atoms with E-state index in [1.165, 1.54) is 0 Å². The highest BCUT2D eigenvalue weighted by atomic mass is 79.9. The first kappa shape index (κ1) is 19.7. The summed E-state index contributed by atoms with van der Waals surface area (Å²) < 4.78 is 35.0. The van der Waals surface area contributed by atoms with Gasteiger partial charge in [-0.1, -0.05) is 15.9 Å². The number of rotatable bonds is 4. The first-order valence-corrected chi connectivity index (χ1v) is 10.2. The fourth-order valence-electron chi connectivity index (χ4n) is 4.27. The lowest BCUT2D eigenvalue weighted by atomic mass is 9.87. The van der Waals surface area contributed by atoms with E-state index >= 15 is 0 Å². The molecule has 4 rings (SSSR count). The number of halogens is 3. The van der Waals surface area contributed by atoms with Crippen molar-refractivity contribution in [2.75, 3.05) is 26.2 Å². The number of amides is 2. The Kier molecular flexibility index (Phi) is 5.18. The first-order valence-electron chi connectivity index (χ1n) is 9.41. The highest BCUT2D eigenvalue weighted by Gasteiger charge is 2.47. The molecular formula is C19H22BrF2N3O3. The van der Waals surface area contributed by atoms with E-state index in [1.807, 2.05) is 4.90 Å². The molecule has 1 atom stereocenters. The van der Waals surface area contributed by atoms with E-state index in [0.29, 0.717) is 38.5 Å². The van der Waals surface area contributed by atoms with Crippen LogP contribution >= 0.6 is 15.9 Å². The minimum Gasteiger partial charge on any atom is -0.368 e. The molecule has 3 fully saturated rings. The topological polar surface area (TPSA) is 75.9 Å². The number of morpholine rings is 1. The highest BCUT2D eigenvalue weighted by Crippen LogP contribution is 2.38. The molecule has 9 heteroatoms. The number of nitrogens with zero attached hydrogens (tertiary/aromatic N) is 2. The molecule has 28 heavy (non-hydrogen) atoms. The molecular weight excluding hydrogens is 436 g/mol. The van der Waals surface area contributed by atoms with Gasteiger partial charge in [0, 0.05) is 23.6 Å². The number of ether oxygens (including phenoxy) is 1. The van der Waals surface area contributed by atoms with Crippen LogP contribution < -0.4 is 5.73 Å². The largest absolute Gasteiger partial charge is 0.368 e. The molecule has 1 aromatic rings. The summed E-state index contributed by atoms with van der Waals surface area (Å²) in [6.45, 7) is 1.39. The van der Waals surface area contributed by atoms with E-state index in [2.05, 4.69) is 15.9 Å². The maximum atomic E-state index is 14.4. The molecule has 0 bridgehead atoms. The highest BCUT2D eigenvalue weighted by molar-refractivity contribution is 9.10.